The van der Waals surface area contributed by atoms with E-state index in [1.54, 1.807) is 0 Å². The van der Waals surface area contributed by atoms with Crippen LogP contribution >= 0.6 is 0 Å². The predicted molar refractivity (Wildman–Crippen MR) is 68.1 cm³/mol. The second-order valence-electron chi connectivity index (χ2n) is 6.11. The fourth-order valence-corrected chi connectivity index (χ4v) is 2.04. The number of hydrogen-bond donors (Lipinski definition) is 0. The summed E-state index contributed by atoms with van der Waals surface area (Å²) in [6.45, 7) is 14.4. The molecular weight excluding hydrogens is 182 g/mol. The minimum atomic E-state index is 0.447. The Bertz CT molecular complexity index is 198. The van der Waals surface area contributed by atoms with E-state index in [0.29, 0.717) is 11.5 Å². The molecule has 1 unspecified atom stereocenters. The Labute approximate surface area is 95.5 Å². The largest absolute Gasteiger partial charge is 0.294 e. The van der Waals surface area contributed by atoms with Crippen molar-refractivity contribution in [3.63, 3.8) is 0 Å². The average Bonchev–Trinajstić information content (AvgIpc) is 2.06. The topological polar surface area (TPSA) is 3.24 Å². The summed E-state index contributed by atoms with van der Waals surface area (Å²) in [6.07, 6.45) is 7.56. The minimum Gasteiger partial charge on any atom is -0.294 e. The summed E-state index contributed by atoms with van der Waals surface area (Å²) in [5.74, 6) is 0. The smallest absolute Gasteiger partial charge is 0.0250 e. The molecule has 1 rings (SSSR count). The summed E-state index contributed by atoms with van der Waals surface area (Å²) in [4.78, 5) is 2.64. The molecule has 88 valence electrons. The van der Waals surface area contributed by atoms with Gasteiger partial charge in [-0.25, -0.2) is 0 Å². The van der Waals surface area contributed by atoms with Gasteiger partial charge in [0.1, 0.15) is 0 Å². The van der Waals surface area contributed by atoms with Crippen molar-refractivity contribution < 1.29 is 0 Å². The van der Waals surface area contributed by atoms with Gasteiger partial charge in [-0.05, 0) is 38.1 Å². The van der Waals surface area contributed by atoms with Gasteiger partial charge in [-0.15, -0.1) is 6.58 Å². The van der Waals surface area contributed by atoms with E-state index in [4.69, 9.17) is 0 Å². The Morgan fingerprint density at radius 3 is 2.33 bits per heavy atom. The fraction of sp³-hybridized carbons (Fsp3) is 0.857. The van der Waals surface area contributed by atoms with E-state index in [2.05, 4.69) is 45.2 Å². The molecule has 1 fully saturated rings. The minimum absolute atomic E-state index is 0.447. The van der Waals surface area contributed by atoms with Crippen molar-refractivity contribution in [2.75, 3.05) is 6.54 Å². The van der Waals surface area contributed by atoms with E-state index in [1.165, 1.54) is 32.2 Å². The second-order valence-corrected chi connectivity index (χ2v) is 6.11. The molecule has 1 heteroatoms. The van der Waals surface area contributed by atoms with Crippen LogP contribution in [0.2, 0.25) is 0 Å². The molecular formula is C14H27N. The van der Waals surface area contributed by atoms with Crippen LogP contribution in [0.25, 0.3) is 0 Å². The van der Waals surface area contributed by atoms with Crippen LogP contribution in [0.15, 0.2) is 12.7 Å². The number of hydrogen-bond acceptors (Lipinski definition) is 1. The van der Waals surface area contributed by atoms with Crippen molar-refractivity contribution in [3.8, 4) is 0 Å². The molecule has 0 aromatic rings. The van der Waals surface area contributed by atoms with Gasteiger partial charge in [0.15, 0.2) is 0 Å². The maximum atomic E-state index is 3.93. The highest BCUT2D eigenvalue weighted by Crippen LogP contribution is 2.29. The molecule has 15 heavy (non-hydrogen) atoms. The Morgan fingerprint density at radius 2 is 2.00 bits per heavy atom. The lowest BCUT2D eigenvalue weighted by Crippen LogP contribution is -2.45. The van der Waals surface area contributed by atoms with Gasteiger partial charge in [0.2, 0.25) is 0 Å². The lowest BCUT2D eigenvalue weighted by molar-refractivity contribution is 0.0923. The molecule has 0 N–H and O–H groups in total. The fourth-order valence-electron chi connectivity index (χ4n) is 2.04. The predicted octanol–water partition coefficient (Wildman–Crippen LogP) is 3.85. The summed E-state index contributed by atoms with van der Waals surface area (Å²) >= 11 is 0. The molecule has 1 atom stereocenters. The van der Waals surface area contributed by atoms with Crippen molar-refractivity contribution in [1.29, 1.82) is 0 Å². The first-order valence-corrected chi connectivity index (χ1v) is 6.32. The van der Waals surface area contributed by atoms with Gasteiger partial charge in [-0.1, -0.05) is 33.3 Å². The standard InChI is InChI=1S/C14H27N/c1-6-12(2)15(13-8-7-9-13)11-10-14(3,4)5/h6,12-13H,1,7-11H2,2-5H3. The van der Waals surface area contributed by atoms with Gasteiger partial charge in [0, 0.05) is 12.1 Å². The van der Waals surface area contributed by atoms with Gasteiger partial charge < -0.3 is 0 Å². The summed E-state index contributed by atoms with van der Waals surface area (Å²) in [7, 11) is 0. The molecule has 0 aliphatic heterocycles. The third kappa shape index (κ3) is 3.98. The summed E-state index contributed by atoms with van der Waals surface area (Å²) in [5.41, 5.74) is 0.447. The number of rotatable bonds is 5. The van der Waals surface area contributed by atoms with Crippen LogP contribution < -0.4 is 0 Å². The van der Waals surface area contributed by atoms with Crippen LogP contribution in [0.1, 0.15) is 53.4 Å². The molecule has 0 saturated heterocycles. The molecule has 0 spiro atoms. The van der Waals surface area contributed by atoms with Gasteiger partial charge in [0.25, 0.3) is 0 Å². The molecule has 0 aromatic carbocycles. The molecule has 0 heterocycles. The summed E-state index contributed by atoms with van der Waals surface area (Å²) in [5, 5.41) is 0. The molecule has 1 aliphatic rings. The van der Waals surface area contributed by atoms with Crippen molar-refractivity contribution in [2.24, 2.45) is 5.41 Å². The molecule has 1 nitrogen and oxygen atoms in total. The highest BCUT2D eigenvalue weighted by molar-refractivity contribution is 4.91. The molecule has 0 amide bonds. The molecule has 0 radical (unpaired) electrons. The quantitative estimate of drug-likeness (QED) is 0.622. The van der Waals surface area contributed by atoms with E-state index in [1.807, 2.05) is 0 Å². The lowest BCUT2D eigenvalue weighted by Gasteiger charge is -2.41. The lowest BCUT2D eigenvalue weighted by atomic mass is 9.87. The Balaban J connectivity index is 2.45. The van der Waals surface area contributed by atoms with Crippen LogP contribution in [0.5, 0.6) is 0 Å². The second kappa shape index (κ2) is 5.16. The van der Waals surface area contributed by atoms with Crippen molar-refractivity contribution in [1.82, 2.24) is 4.90 Å². The van der Waals surface area contributed by atoms with Gasteiger partial charge in [0.05, 0.1) is 0 Å². The Kier molecular flexibility index (Phi) is 4.39. The van der Waals surface area contributed by atoms with E-state index in [-0.39, 0.29) is 0 Å². The maximum Gasteiger partial charge on any atom is 0.0250 e. The molecule has 0 aromatic heterocycles. The normalized spacial score (nSPS) is 20.1. The first-order valence-electron chi connectivity index (χ1n) is 6.32. The molecule has 1 saturated carbocycles. The van der Waals surface area contributed by atoms with Crippen LogP contribution in [0, 0.1) is 5.41 Å². The van der Waals surface area contributed by atoms with E-state index in [0.717, 1.165) is 6.04 Å². The van der Waals surface area contributed by atoms with Crippen LogP contribution in [0.3, 0.4) is 0 Å². The average molecular weight is 209 g/mol. The van der Waals surface area contributed by atoms with Gasteiger partial charge in [-0.2, -0.15) is 0 Å². The zero-order valence-corrected chi connectivity index (χ0v) is 10.9. The Morgan fingerprint density at radius 1 is 1.40 bits per heavy atom. The van der Waals surface area contributed by atoms with E-state index < -0.39 is 0 Å². The van der Waals surface area contributed by atoms with Crippen LogP contribution in [-0.4, -0.2) is 23.5 Å². The van der Waals surface area contributed by atoms with Gasteiger partial charge >= 0.3 is 0 Å². The van der Waals surface area contributed by atoms with Crippen molar-refractivity contribution in [3.05, 3.63) is 12.7 Å². The maximum absolute atomic E-state index is 3.93. The highest BCUT2D eigenvalue weighted by Gasteiger charge is 2.27. The van der Waals surface area contributed by atoms with Gasteiger partial charge in [-0.3, -0.25) is 4.90 Å². The van der Waals surface area contributed by atoms with E-state index in [9.17, 15) is 0 Å². The first-order chi connectivity index (χ1) is 6.94. The Hall–Kier alpha value is -0.300. The third-order valence-electron chi connectivity index (χ3n) is 3.53. The zero-order chi connectivity index (χ0) is 11.5. The summed E-state index contributed by atoms with van der Waals surface area (Å²) in [6, 6.07) is 1.37. The van der Waals surface area contributed by atoms with Crippen molar-refractivity contribution in [2.45, 2.75) is 65.5 Å². The van der Waals surface area contributed by atoms with Crippen molar-refractivity contribution >= 4 is 0 Å². The molecule has 1 aliphatic carbocycles. The monoisotopic (exact) mass is 209 g/mol. The first kappa shape index (κ1) is 12.8. The molecule has 0 bridgehead atoms. The summed E-state index contributed by atoms with van der Waals surface area (Å²) < 4.78 is 0. The number of nitrogens with zero attached hydrogens (tertiary/aromatic N) is 1. The van der Waals surface area contributed by atoms with Crippen LogP contribution in [0.4, 0.5) is 0 Å². The highest BCUT2D eigenvalue weighted by atomic mass is 15.2. The van der Waals surface area contributed by atoms with E-state index >= 15 is 0 Å². The van der Waals surface area contributed by atoms with Crippen LogP contribution in [-0.2, 0) is 0 Å². The SMILES string of the molecule is C=CC(C)N(CCC(C)(C)C)C1CCC1. The third-order valence-corrected chi connectivity index (χ3v) is 3.53. The zero-order valence-electron chi connectivity index (χ0n) is 10.9.